The molecule has 0 unspecified atom stereocenters. The summed E-state index contributed by atoms with van der Waals surface area (Å²) in [6, 6.07) is 0.353. The van der Waals surface area contributed by atoms with Crippen molar-refractivity contribution in [2.45, 2.75) is 38.1 Å². The van der Waals surface area contributed by atoms with Crippen molar-refractivity contribution in [3.8, 4) is 0 Å². The molecule has 0 aromatic rings. The molecule has 3 N–H and O–H groups in total. The van der Waals surface area contributed by atoms with Crippen molar-refractivity contribution in [3.05, 3.63) is 0 Å². The second-order valence-corrected chi connectivity index (χ2v) is 4.75. The van der Waals surface area contributed by atoms with Gasteiger partial charge in [-0.3, -0.25) is 9.79 Å². The van der Waals surface area contributed by atoms with Gasteiger partial charge in [-0.05, 0) is 12.8 Å². The summed E-state index contributed by atoms with van der Waals surface area (Å²) in [5.41, 5.74) is 0. The van der Waals surface area contributed by atoms with Crippen LogP contribution in [-0.2, 0) is 9.53 Å². The molecule has 0 aromatic heterocycles. The molecule has 1 aliphatic rings. The van der Waals surface area contributed by atoms with Gasteiger partial charge in [0.05, 0.1) is 13.2 Å². The first-order valence-electron chi connectivity index (χ1n) is 6.99. The molecule has 20 heavy (non-hydrogen) atoms. The molecule has 0 heterocycles. The molecule has 1 aliphatic carbocycles. The smallest absolute Gasteiger partial charge is 0.239 e. The van der Waals surface area contributed by atoms with Gasteiger partial charge >= 0.3 is 0 Å². The fourth-order valence-electron chi connectivity index (χ4n) is 2.18. The Morgan fingerprint density at radius 3 is 2.55 bits per heavy atom. The summed E-state index contributed by atoms with van der Waals surface area (Å²) in [5, 5.41) is 9.11. The number of rotatable bonds is 6. The van der Waals surface area contributed by atoms with Crippen LogP contribution in [-0.4, -0.2) is 51.8 Å². The van der Waals surface area contributed by atoms with Crippen LogP contribution < -0.4 is 16.0 Å². The number of carbonyl (C=O) groups is 1. The van der Waals surface area contributed by atoms with Crippen molar-refractivity contribution >= 4 is 35.8 Å². The van der Waals surface area contributed by atoms with E-state index in [1.54, 1.807) is 14.2 Å². The summed E-state index contributed by atoms with van der Waals surface area (Å²) in [7, 11) is 3.33. The first kappa shape index (κ1) is 19.4. The average Bonchev–Trinajstić information content (AvgIpc) is 2.44. The number of carbonyl (C=O) groups excluding carboxylic acids is 1. The molecule has 0 aromatic carbocycles. The van der Waals surface area contributed by atoms with Gasteiger partial charge in [-0.1, -0.05) is 19.3 Å². The predicted octanol–water partition coefficient (Wildman–Crippen LogP) is 0.865. The van der Waals surface area contributed by atoms with Crippen molar-refractivity contribution in [2.75, 3.05) is 33.9 Å². The lowest BCUT2D eigenvalue weighted by atomic mass is 9.95. The van der Waals surface area contributed by atoms with E-state index in [-0.39, 0.29) is 36.4 Å². The fraction of sp³-hybridized carbons (Fsp3) is 0.846. The molecule has 1 rings (SSSR count). The number of hydrogen-bond donors (Lipinski definition) is 3. The van der Waals surface area contributed by atoms with Gasteiger partial charge in [0.2, 0.25) is 5.91 Å². The largest absolute Gasteiger partial charge is 0.383 e. The Hall–Kier alpha value is -0.570. The zero-order valence-corrected chi connectivity index (χ0v) is 14.7. The topological polar surface area (TPSA) is 74.8 Å². The molecule has 118 valence electrons. The lowest BCUT2D eigenvalue weighted by Crippen LogP contribution is -2.46. The molecule has 1 fully saturated rings. The Kier molecular flexibility index (Phi) is 11.8. The monoisotopic (exact) mass is 398 g/mol. The third kappa shape index (κ3) is 8.57. The summed E-state index contributed by atoms with van der Waals surface area (Å²) in [4.78, 5) is 15.8. The zero-order chi connectivity index (χ0) is 13.9. The SMILES string of the molecule is CN=C(NCCOC)NCC(=O)NC1CCCCC1.I. The average molecular weight is 398 g/mol. The normalized spacial score (nSPS) is 16.2. The van der Waals surface area contributed by atoms with Crippen LogP contribution in [0.25, 0.3) is 0 Å². The number of halogens is 1. The number of nitrogens with zero attached hydrogens (tertiary/aromatic N) is 1. The maximum Gasteiger partial charge on any atom is 0.239 e. The van der Waals surface area contributed by atoms with Gasteiger partial charge in [-0.15, -0.1) is 24.0 Å². The van der Waals surface area contributed by atoms with Gasteiger partial charge in [0.25, 0.3) is 0 Å². The van der Waals surface area contributed by atoms with Gasteiger partial charge in [0.15, 0.2) is 5.96 Å². The van der Waals surface area contributed by atoms with E-state index in [1.807, 2.05) is 0 Å². The molecule has 0 spiro atoms. The molecule has 0 radical (unpaired) electrons. The molecule has 0 aliphatic heterocycles. The van der Waals surface area contributed by atoms with Crippen LogP contribution in [0, 0.1) is 0 Å². The van der Waals surface area contributed by atoms with Gasteiger partial charge < -0.3 is 20.7 Å². The highest BCUT2D eigenvalue weighted by molar-refractivity contribution is 14.0. The number of aliphatic imine (C=N–C) groups is 1. The molecule has 0 atom stereocenters. The molecule has 1 amide bonds. The third-order valence-electron chi connectivity index (χ3n) is 3.21. The number of hydrogen-bond acceptors (Lipinski definition) is 3. The van der Waals surface area contributed by atoms with Crippen LogP contribution in [0.1, 0.15) is 32.1 Å². The van der Waals surface area contributed by atoms with Crippen molar-refractivity contribution in [2.24, 2.45) is 4.99 Å². The maximum atomic E-state index is 11.8. The highest BCUT2D eigenvalue weighted by atomic mass is 127. The van der Waals surface area contributed by atoms with Crippen LogP contribution in [0.5, 0.6) is 0 Å². The van der Waals surface area contributed by atoms with Crippen molar-refractivity contribution in [1.82, 2.24) is 16.0 Å². The predicted molar refractivity (Wildman–Crippen MR) is 91.7 cm³/mol. The van der Waals surface area contributed by atoms with Gasteiger partial charge in [-0.25, -0.2) is 0 Å². The quantitative estimate of drug-likeness (QED) is 0.269. The second kappa shape index (κ2) is 12.2. The lowest BCUT2D eigenvalue weighted by Gasteiger charge is -2.23. The fourth-order valence-corrected chi connectivity index (χ4v) is 2.18. The summed E-state index contributed by atoms with van der Waals surface area (Å²) < 4.78 is 4.94. The number of methoxy groups -OCH3 is 1. The number of guanidine groups is 1. The highest BCUT2D eigenvalue weighted by Crippen LogP contribution is 2.16. The Labute approximate surface area is 138 Å². The van der Waals surface area contributed by atoms with E-state index in [2.05, 4.69) is 20.9 Å². The molecule has 0 saturated heterocycles. The molecule has 7 heteroatoms. The van der Waals surface area contributed by atoms with E-state index >= 15 is 0 Å². The van der Waals surface area contributed by atoms with Crippen LogP contribution in [0.4, 0.5) is 0 Å². The Bertz CT molecular complexity index is 294. The zero-order valence-electron chi connectivity index (χ0n) is 12.4. The number of amides is 1. The lowest BCUT2D eigenvalue weighted by molar-refractivity contribution is -0.120. The first-order valence-corrected chi connectivity index (χ1v) is 6.99. The minimum absolute atomic E-state index is 0. The molecule has 6 nitrogen and oxygen atoms in total. The summed E-state index contributed by atoms with van der Waals surface area (Å²) in [6.07, 6.45) is 5.94. The Morgan fingerprint density at radius 2 is 1.95 bits per heavy atom. The van der Waals surface area contributed by atoms with Crippen molar-refractivity contribution in [1.29, 1.82) is 0 Å². The van der Waals surface area contributed by atoms with E-state index in [0.717, 1.165) is 12.8 Å². The molecule has 0 bridgehead atoms. The van der Waals surface area contributed by atoms with E-state index < -0.39 is 0 Å². The van der Waals surface area contributed by atoms with Crippen LogP contribution in [0.15, 0.2) is 4.99 Å². The van der Waals surface area contributed by atoms with E-state index in [9.17, 15) is 4.79 Å². The van der Waals surface area contributed by atoms with E-state index in [1.165, 1.54) is 19.3 Å². The third-order valence-corrected chi connectivity index (χ3v) is 3.21. The second-order valence-electron chi connectivity index (χ2n) is 4.75. The van der Waals surface area contributed by atoms with Gasteiger partial charge in [-0.2, -0.15) is 0 Å². The minimum atomic E-state index is 0. The standard InChI is InChI=1S/C13H26N4O2.HI/c1-14-13(15-8-9-19-2)16-10-12(18)17-11-6-4-3-5-7-11;/h11H,3-10H2,1-2H3,(H,17,18)(H2,14,15,16);1H. The Morgan fingerprint density at radius 1 is 1.25 bits per heavy atom. The maximum absolute atomic E-state index is 11.8. The Balaban J connectivity index is 0.00000361. The van der Waals surface area contributed by atoms with E-state index in [0.29, 0.717) is 25.2 Å². The summed E-state index contributed by atoms with van der Waals surface area (Å²) in [5.74, 6) is 0.650. The molecule has 1 saturated carbocycles. The molecular weight excluding hydrogens is 371 g/mol. The highest BCUT2D eigenvalue weighted by Gasteiger charge is 2.15. The van der Waals surface area contributed by atoms with Crippen molar-refractivity contribution < 1.29 is 9.53 Å². The summed E-state index contributed by atoms with van der Waals surface area (Å²) >= 11 is 0. The van der Waals surface area contributed by atoms with Crippen molar-refractivity contribution in [3.63, 3.8) is 0 Å². The van der Waals surface area contributed by atoms with Gasteiger partial charge in [0, 0.05) is 26.7 Å². The number of nitrogens with one attached hydrogen (secondary N) is 3. The molecular formula is C13H27IN4O2. The van der Waals surface area contributed by atoms with Crippen LogP contribution in [0.3, 0.4) is 0 Å². The first-order chi connectivity index (χ1) is 9.26. The van der Waals surface area contributed by atoms with Crippen LogP contribution in [0.2, 0.25) is 0 Å². The van der Waals surface area contributed by atoms with Crippen LogP contribution >= 0.6 is 24.0 Å². The summed E-state index contributed by atoms with van der Waals surface area (Å²) in [6.45, 7) is 1.53. The van der Waals surface area contributed by atoms with E-state index in [4.69, 9.17) is 4.74 Å². The van der Waals surface area contributed by atoms with Gasteiger partial charge in [0.1, 0.15) is 0 Å². The number of ether oxygens (including phenoxy) is 1. The minimum Gasteiger partial charge on any atom is -0.383 e.